The summed E-state index contributed by atoms with van der Waals surface area (Å²) >= 11 is 0. The van der Waals surface area contributed by atoms with Crippen LogP contribution in [0, 0.1) is 23.7 Å². The summed E-state index contributed by atoms with van der Waals surface area (Å²) in [4.78, 5) is 17.9. The highest BCUT2D eigenvalue weighted by Gasteiger charge is 2.75. The molecule has 0 saturated heterocycles. The van der Waals surface area contributed by atoms with Gasteiger partial charge in [0.05, 0.1) is 18.8 Å². The third kappa shape index (κ3) is 2.98. The minimum absolute atomic E-state index is 0.00147. The molecule has 0 spiro atoms. The molecule has 32 heavy (non-hydrogen) atoms. The molecule has 5 heteroatoms. The molecule has 3 aliphatic rings. The summed E-state index contributed by atoms with van der Waals surface area (Å²) in [5.74, 6) is 3.69. The van der Waals surface area contributed by atoms with Crippen molar-refractivity contribution in [3.8, 4) is 11.6 Å². The van der Waals surface area contributed by atoms with Crippen molar-refractivity contribution in [1.82, 2.24) is 10.3 Å². The number of fused-ring (bicyclic) bond motifs is 2. The summed E-state index contributed by atoms with van der Waals surface area (Å²) in [6.07, 6.45) is 5.11. The van der Waals surface area contributed by atoms with E-state index in [-0.39, 0.29) is 11.4 Å². The number of benzene rings is 2. The molecule has 6 rings (SSSR count). The maximum atomic E-state index is 13.6. The second-order valence-electron chi connectivity index (χ2n) is 9.40. The highest BCUT2D eigenvalue weighted by atomic mass is 16.5. The summed E-state index contributed by atoms with van der Waals surface area (Å²) in [5.41, 5.74) is 0.631. The van der Waals surface area contributed by atoms with Crippen LogP contribution in [0.25, 0.3) is 10.8 Å². The van der Waals surface area contributed by atoms with Gasteiger partial charge in [-0.15, -0.1) is 0 Å². The van der Waals surface area contributed by atoms with Crippen molar-refractivity contribution < 1.29 is 14.3 Å². The molecule has 3 aliphatic carbocycles. The topological polar surface area (TPSA) is 60.5 Å². The van der Waals surface area contributed by atoms with E-state index < -0.39 is 0 Å². The van der Waals surface area contributed by atoms with Crippen molar-refractivity contribution in [2.24, 2.45) is 23.7 Å². The average molecular weight is 429 g/mol. The SMILES string of the molecule is CCOc1ccc2ccccc2c1C(=O)NC12CCC3C(COc4ccccn4)CC1C32. The van der Waals surface area contributed by atoms with Crippen LogP contribution in [-0.2, 0) is 0 Å². The van der Waals surface area contributed by atoms with Gasteiger partial charge in [-0.05, 0) is 72.8 Å². The lowest BCUT2D eigenvalue weighted by Crippen LogP contribution is -2.40. The number of nitrogens with one attached hydrogen (secondary N) is 1. The predicted molar refractivity (Wildman–Crippen MR) is 123 cm³/mol. The number of rotatable bonds is 7. The van der Waals surface area contributed by atoms with Crippen LogP contribution in [0.15, 0.2) is 60.8 Å². The quantitative estimate of drug-likeness (QED) is 0.584. The number of carbonyl (C=O) groups excluding carboxylic acids is 1. The van der Waals surface area contributed by atoms with Crippen molar-refractivity contribution in [3.05, 3.63) is 66.4 Å². The number of hydrogen-bond donors (Lipinski definition) is 1. The van der Waals surface area contributed by atoms with Gasteiger partial charge in [0.1, 0.15) is 5.75 Å². The zero-order valence-electron chi connectivity index (χ0n) is 18.3. The second-order valence-corrected chi connectivity index (χ2v) is 9.40. The molecule has 3 saturated carbocycles. The molecule has 1 heterocycles. The van der Waals surface area contributed by atoms with E-state index in [9.17, 15) is 4.79 Å². The van der Waals surface area contributed by atoms with Gasteiger partial charge in [-0.25, -0.2) is 4.98 Å². The zero-order chi connectivity index (χ0) is 21.7. The molecule has 5 atom stereocenters. The number of ether oxygens (including phenoxy) is 2. The lowest BCUT2D eigenvalue weighted by Gasteiger charge is -2.23. The molecular formula is C27H28N2O3. The molecule has 0 aliphatic heterocycles. The van der Waals surface area contributed by atoms with Gasteiger partial charge in [-0.2, -0.15) is 0 Å². The van der Waals surface area contributed by atoms with Crippen molar-refractivity contribution in [1.29, 1.82) is 0 Å². The van der Waals surface area contributed by atoms with E-state index in [4.69, 9.17) is 9.47 Å². The Labute approximate surface area is 188 Å². The first-order valence-electron chi connectivity index (χ1n) is 11.7. The first-order valence-corrected chi connectivity index (χ1v) is 11.7. The molecule has 0 radical (unpaired) electrons. The van der Waals surface area contributed by atoms with E-state index in [1.54, 1.807) is 6.20 Å². The van der Waals surface area contributed by atoms with Crippen molar-refractivity contribution in [2.45, 2.75) is 31.7 Å². The molecule has 3 fully saturated rings. The molecule has 1 N–H and O–H groups in total. The van der Waals surface area contributed by atoms with Gasteiger partial charge in [-0.1, -0.05) is 36.4 Å². The first-order chi connectivity index (χ1) is 15.7. The van der Waals surface area contributed by atoms with Crippen molar-refractivity contribution >= 4 is 16.7 Å². The number of hydrogen-bond acceptors (Lipinski definition) is 4. The molecule has 1 amide bonds. The summed E-state index contributed by atoms with van der Waals surface area (Å²) in [6.45, 7) is 3.21. The second kappa shape index (κ2) is 7.51. The normalized spacial score (nSPS) is 29.5. The lowest BCUT2D eigenvalue weighted by atomic mass is 9.92. The highest BCUT2D eigenvalue weighted by molar-refractivity contribution is 6.10. The van der Waals surface area contributed by atoms with E-state index in [1.807, 2.05) is 61.5 Å². The fourth-order valence-corrected chi connectivity index (χ4v) is 6.65. The Bertz CT molecular complexity index is 1160. The Kier molecular flexibility index (Phi) is 4.60. The number of carbonyl (C=O) groups is 1. The fourth-order valence-electron chi connectivity index (χ4n) is 6.65. The van der Waals surface area contributed by atoms with Gasteiger partial charge < -0.3 is 14.8 Å². The van der Waals surface area contributed by atoms with Gasteiger partial charge in [0.25, 0.3) is 5.91 Å². The van der Waals surface area contributed by atoms with Crippen LogP contribution in [0.3, 0.4) is 0 Å². The smallest absolute Gasteiger partial charge is 0.256 e. The van der Waals surface area contributed by atoms with E-state index in [1.165, 1.54) is 0 Å². The van der Waals surface area contributed by atoms with Gasteiger partial charge in [-0.3, -0.25) is 4.79 Å². The van der Waals surface area contributed by atoms with Crippen LogP contribution in [0.2, 0.25) is 0 Å². The minimum atomic E-state index is -0.0380. The van der Waals surface area contributed by atoms with Crippen LogP contribution in [0.5, 0.6) is 11.6 Å². The van der Waals surface area contributed by atoms with Crippen LogP contribution in [0.4, 0.5) is 0 Å². The number of aromatic nitrogens is 1. The summed E-state index contributed by atoms with van der Waals surface area (Å²) < 4.78 is 11.8. The van der Waals surface area contributed by atoms with Crippen molar-refractivity contribution in [3.63, 3.8) is 0 Å². The van der Waals surface area contributed by atoms with Gasteiger partial charge in [0.2, 0.25) is 5.88 Å². The third-order valence-corrected chi connectivity index (χ3v) is 7.94. The average Bonchev–Trinajstić information content (AvgIpc) is 3.10. The van der Waals surface area contributed by atoms with Gasteiger partial charge in [0, 0.05) is 17.8 Å². The van der Waals surface area contributed by atoms with Crippen LogP contribution in [-0.4, -0.2) is 29.6 Å². The molecule has 5 nitrogen and oxygen atoms in total. The Morgan fingerprint density at radius 3 is 2.81 bits per heavy atom. The summed E-state index contributed by atoms with van der Waals surface area (Å²) in [7, 11) is 0. The molecule has 5 unspecified atom stereocenters. The zero-order valence-corrected chi connectivity index (χ0v) is 18.3. The molecule has 2 aromatic carbocycles. The van der Waals surface area contributed by atoms with Crippen LogP contribution < -0.4 is 14.8 Å². The highest BCUT2D eigenvalue weighted by Crippen LogP contribution is 2.72. The lowest BCUT2D eigenvalue weighted by molar-refractivity contribution is 0.0918. The standard InChI is InChI=1S/C27H28N2O3/c1-2-31-22-11-10-17-7-3-4-8-19(17)24(22)26(30)29-27-13-12-20-18(15-21(27)25(20)27)16-32-23-9-5-6-14-28-23/h3-11,14,18,20-21,25H,2,12-13,15-16H2,1H3,(H,29,30). The van der Waals surface area contributed by atoms with E-state index in [2.05, 4.69) is 10.3 Å². The maximum absolute atomic E-state index is 13.6. The molecule has 164 valence electrons. The van der Waals surface area contributed by atoms with Gasteiger partial charge in [0.15, 0.2) is 0 Å². The van der Waals surface area contributed by atoms with Crippen LogP contribution >= 0.6 is 0 Å². The van der Waals surface area contributed by atoms with E-state index >= 15 is 0 Å². The monoisotopic (exact) mass is 428 g/mol. The van der Waals surface area contributed by atoms with E-state index in [0.29, 0.717) is 47.5 Å². The Balaban J connectivity index is 1.19. The fraction of sp³-hybridized carbons (Fsp3) is 0.407. The van der Waals surface area contributed by atoms with E-state index in [0.717, 1.165) is 36.6 Å². The van der Waals surface area contributed by atoms with Gasteiger partial charge >= 0.3 is 0 Å². The first kappa shape index (κ1) is 19.6. The molecule has 0 bridgehead atoms. The molecule has 1 aromatic heterocycles. The Morgan fingerprint density at radius 2 is 2.00 bits per heavy atom. The molecule has 3 aromatic rings. The summed E-state index contributed by atoms with van der Waals surface area (Å²) in [5, 5.41) is 5.50. The third-order valence-electron chi connectivity index (χ3n) is 7.94. The Hall–Kier alpha value is -3.08. The van der Waals surface area contributed by atoms with Crippen molar-refractivity contribution in [2.75, 3.05) is 13.2 Å². The Morgan fingerprint density at radius 1 is 1.12 bits per heavy atom. The molecular weight excluding hydrogens is 400 g/mol. The van der Waals surface area contributed by atoms with Crippen LogP contribution in [0.1, 0.15) is 36.5 Å². The predicted octanol–water partition coefficient (Wildman–Crippen LogP) is 4.86. The number of amides is 1. The summed E-state index contributed by atoms with van der Waals surface area (Å²) in [6, 6.07) is 17.8. The minimum Gasteiger partial charge on any atom is -0.493 e. The number of pyridine rings is 1. The number of nitrogens with zero attached hydrogens (tertiary/aromatic N) is 1. The maximum Gasteiger partial charge on any atom is 0.256 e. The largest absolute Gasteiger partial charge is 0.493 e.